The van der Waals surface area contributed by atoms with E-state index in [2.05, 4.69) is 24.2 Å². The molecule has 5 nitrogen and oxygen atoms in total. The molecule has 0 saturated carbocycles. The molecular formula is C19H22N4O. The Morgan fingerprint density at radius 3 is 2.46 bits per heavy atom. The Kier molecular flexibility index (Phi) is 4.25. The zero-order valence-corrected chi connectivity index (χ0v) is 14.5. The number of aromatic nitrogens is 3. The summed E-state index contributed by atoms with van der Waals surface area (Å²) in [6.07, 6.45) is 5.72. The van der Waals surface area contributed by atoms with Gasteiger partial charge in [-0.25, -0.2) is 0 Å². The van der Waals surface area contributed by atoms with Gasteiger partial charge in [0, 0.05) is 44.7 Å². The fourth-order valence-corrected chi connectivity index (χ4v) is 2.76. The van der Waals surface area contributed by atoms with Crippen LogP contribution in [-0.4, -0.2) is 28.4 Å². The minimum atomic E-state index is -0.00574. The first-order chi connectivity index (χ1) is 11.5. The number of aryl methyl sites for hydroxylation is 1. The number of nitrogens with zero attached hydrogens (tertiary/aromatic N) is 4. The maximum atomic E-state index is 12.2. The number of hydrogen-bond acceptors (Lipinski definition) is 3. The fourth-order valence-electron chi connectivity index (χ4n) is 2.76. The van der Waals surface area contributed by atoms with E-state index in [9.17, 15) is 4.79 Å². The van der Waals surface area contributed by atoms with Crippen molar-refractivity contribution in [3.05, 3.63) is 70.9 Å². The molecule has 0 radical (unpaired) electrons. The van der Waals surface area contributed by atoms with Gasteiger partial charge >= 0.3 is 0 Å². The van der Waals surface area contributed by atoms with Gasteiger partial charge in [-0.2, -0.15) is 5.10 Å². The Hall–Kier alpha value is -2.82. The zero-order chi connectivity index (χ0) is 17.3. The SMILES string of the molecule is CC(c1ccccc1)n1cc(-c2cc(N(C)C)c(=O)n(C)c2)cn1. The summed E-state index contributed by atoms with van der Waals surface area (Å²) in [6, 6.07) is 12.3. The van der Waals surface area contributed by atoms with Gasteiger partial charge in [-0.05, 0) is 18.6 Å². The monoisotopic (exact) mass is 322 g/mol. The first-order valence-electron chi connectivity index (χ1n) is 7.95. The standard InChI is InChI=1S/C19H22N4O/c1-14(15-8-6-5-7-9-15)23-13-17(11-20-23)16-10-18(21(2)3)19(24)22(4)12-16/h5-14H,1-4H3. The molecule has 0 amide bonds. The molecular weight excluding hydrogens is 300 g/mol. The summed E-state index contributed by atoms with van der Waals surface area (Å²) in [5, 5.41) is 4.51. The lowest BCUT2D eigenvalue weighted by molar-refractivity contribution is 0.565. The average molecular weight is 322 g/mol. The summed E-state index contributed by atoms with van der Waals surface area (Å²) in [5.74, 6) is 0. The summed E-state index contributed by atoms with van der Waals surface area (Å²) in [6.45, 7) is 2.12. The zero-order valence-electron chi connectivity index (χ0n) is 14.5. The minimum absolute atomic E-state index is 0.00574. The van der Waals surface area contributed by atoms with E-state index in [4.69, 9.17) is 0 Å². The molecule has 2 heterocycles. The predicted octanol–water partition coefficient (Wildman–Crippen LogP) is 2.92. The van der Waals surface area contributed by atoms with Gasteiger partial charge in [0.05, 0.1) is 12.2 Å². The van der Waals surface area contributed by atoms with Crippen molar-refractivity contribution >= 4 is 5.69 Å². The second-order valence-electron chi connectivity index (χ2n) is 6.22. The summed E-state index contributed by atoms with van der Waals surface area (Å²) in [4.78, 5) is 14.0. The second-order valence-corrected chi connectivity index (χ2v) is 6.22. The smallest absolute Gasteiger partial charge is 0.273 e. The van der Waals surface area contributed by atoms with Gasteiger partial charge in [0.1, 0.15) is 5.69 Å². The molecule has 24 heavy (non-hydrogen) atoms. The predicted molar refractivity (Wildman–Crippen MR) is 97.5 cm³/mol. The first kappa shape index (κ1) is 16.1. The minimum Gasteiger partial charge on any atom is -0.373 e. The average Bonchev–Trinajstić information content (AvgIpc) is 3.07. The summed E-state index contributed by atoms with van der Waals surface area (Å²) in [5.41, 5.74) is 3.85. The van der Waals surface area contributed by atoms with E-state index in [0.29, 0.717) is 5.69 Å². The van der Waals surface area contributed by atoms with E-state index >= 15 is 0 Å². The van der Waals surface area contributed by atoms with E-state index in [1.54, 1.807) is 11.6 Å². The van der Waals surface area contributed by atoms with Crippen molar-refractivity contribution in [1.82, 2.24) is 14.3 Å². The van der Waals surface area contributed by atoms with Crippen LogP contribution in [0.5, 0.6) is 0 Å². The van der Waals surface area contributed by atoms with Gasteiger partial charge in [0.25, 0.3) is 5.56 Å². The molecule has 3 aromatic rings. The highest BCUT2D eigenvalue weighted by Crippen LogP contribution is 2.24. The van der Waals surface area contributed by atoms with Crippen LogP contribution in [0.15, 0.2) is 59.8 Å². The second kappa shape index (κ2) is 6.35. The highest BCUT2D eigenvalue weighted by molar-refractivity contribution is 5.66. The van der Waals surface area contributed by atoms with E-state index in [1.165, 1.54) is 5.56 Å². The molecule has 0 spiro atoms. The largest absolute Gasteiger partial charge is 0.373 e. The van der Waals surface area contributed by atoms with Crippen LogP contribution in [0.1, 0.15) is 18.5 Å². The summed E-state index contributed by atoms with van der Waals surface area (Å²) >= 11 is 0. The van der Waals surface area contributed by atoms with Gasteiger partial charge in [0.15, 0.2) is 0 Å². The molecule has 3 rings (SSSR count). The van der Waals surface area contributed by atoms with Crippen LogP contribution in [0, 0.1) is 0 Å². The van der Waals surface area contributed by atoms with Crippen molar-refractivity contribution < 1.29 is 0 Å². The quantitative estimate of drug-likeness (QED) is 0.742. The van der Waals surface area contributed by atoms with Crippen molar-refractivity contribution in [1.29, 1.82) is 0 Å². The molecule has 0 bridgehead atoms. The van der Waals surface area contributed by atoms with Crippen molar-refractivity contribution in [2.24, 2.45) is 7.05 Å². The number of hydrogen-bond donors (Lipinski definition) is 0. The van der Waals surface area contributed by atoms with E-state index in [1.807, 2.05) is 66.5 Å². The lowest BCUT2D eigenvalue weighted by Gasteiger charge is -2.14. The summed E-state index contributed by atoms with van der Waals surface area (Å²) in [7, 11) is 5.53. The first-order valence-corrected chi connectivity index (χ1v) is 7.95. The fraction of sp³-hybridized carbons (Fsp3) is 0.263. The van der Waals surface area contributed by atoms with Crippen LogP contribution >= 0.6 is 0 Å². The van der Waals surface area contributed by atoms with Crippen LogP contribution in [0.3, 0.4) is 0 Å². The Morgan fingerprint density at radius 1 is 1.08 bits per heavy atom. The Morgan fingerprint density at radius 2 is 1.79 bits per heavy atom. The van der Waals surface area contributed by atoms with Gasteiger partial charge in [0.2, 0.25) is 0 Å². The number of anilines is 1. The van der Waals surface area contributed by atoms with Crippen LogP contribution in [0.2, 0.25) is 0 Å². The topological polar surface area (TPSA) is 43.1 Å². The highest BCUT2D eigenvalue weighted by atomic mass is 16.1. The van der Waals surface area contributed by atoms with Gasteiger partial charge < -0.3 is 9.47 Å². The molecule has 5 heteroatoms. The molecule has 0 N–H and O–H groups in total. The van der Waals surface area contributed by atoms with E-state index < -0.39 is 0 Å². The normalized spacial score (nSPS) is 12.2. The third kappa shape index (κ3) is 2.97. The van der Waals surface area contributed by atoms with Crippen molar-refractivity contribution in [3.8, 4) is 11.1 Å². The Balaban J connectivity index is 1.98. The third-order valence-corrected chi connectivity index (χ3v) is 4.26. The van der Waals surface area contributed by atoms with Crippen LogP contribution in [-0.2, 0) is 7.05 Å². The highest BCUT2D eigenvalue weighted by Gasteiger charge is 2.12. The molecule has 0 aliphatic rings. The number of pyridine rings is 1. The lowest BCUT2D eigenvalue weighted by Crippen LogP contribution is -2.25. The molecule has 1 atom stereocenters. The van der Waals surface area contributed by atoms with Crippen LogP contribution in [0.25, 0.3) is 11.1 Å². The number of benzene rings is 1. The summed E-state index contributed by atoms with van der Waals surface area (Å²) < 4.78 is 3.56. The Bertz CT molecular complexity index is 893. The van der Waals surface area contributed by atoms with Crippen LogP contribution in [0.4, 0.5) is 5.69 Å². The van der Waals surface area contributed by atoms with Gasteiger partial charge in [-0.15, -0.1) is 0 Å². The number of rotatable bonds is 4. The maximum Gasteiger partial charge on any atom is 0.273 e. The molecule has 2 aromatic heterocycles. The third-order valence-electron chi connectivity index (χ3n) is 4.26. The van der Waals surface area contributed by atoms with Gasteiger partial charge in [-0.1, -0.05) is 30.3 Å². The van der Waals surface area contributed by atoms with E-state index in [0.717, 1.165) is 11.1 Å². The van der Waals surface area contributed by atoms with Crippen molar-refractivity contribution in [2.45, 2.75) is 13.0 Å². The maximum absolute atomic E-state index is 12.2. The van der Waals surface area contributed by atoms with E-state index in [-0.39, 0.29) is 11.6 Å². The molecule has 1 aromatic carbocycles. The molecule has 0 aliphatic carbocycles. The molecule has 0 fully saturated rings. The molecule has 0 aliphatic heterocycles. The van der Waals surface area contributed by atoms with Crippen molar-refractivity contribution in [2.75, 3.05) is 19.0 Å². The van der Waals surface area contributed by atoms with Crippen molar-refractivity contribution in [3.63, 3.8) is 0 Å². The Labute approximate surface area is 141 Å². The lowest BCUT2D eigenvalue weighted by atomic mass is 10.1. The van der Waals surface area contributed by atoms with Gasteiger partial charge in [-0.3, -0.25) is 9.48 Å². The molecule has 1 unspecified atom stereocenters. The molecule has 0 saturated heterocycles. The molecule has 124 valence electrons. The van der Waals surface area contributed by atoms with Crippen LogP contribution < -0.4 is 10.5 Å².